The lowest BCUT2D eigenvalue weighted by atomic mass is 9.85. The summed E-state index contributed by atoms with van der Waals surface area (Å²) in [6.45, 7) is 8.95. The van der Waals surface area contributed by atoms with Crippen LogP contribution in [0.25, 0.3) is 0 Å². The molecule has 1 heterocycles. The second kappa shape index (κ2) is 5.59. The maximum absolute atomic E-state index is 5.88. The zero-order valence-corrected chi connectivity index (χ0v) is 12.5. The molecule has 2 N–H and O–H groups in total. The molecule has 0 aliphatic carbocycles. The highest BCUT2D eigenvalue weighted by Gasteiger charge is 2.19. The number of rotatable bonds is 3. The molecule has 0 saturated carbocycles. The van der Waals surface area contributed by atoms with Crippen LogP contribution >= 0.6 is 0 Å². The molecule has 0 amide bonds. The quantitative estimate of drug-likeness (QED) is 0.930. The number of aromatic nitrogens is 2. The summed E-state index contributed by atoms with van der Waals surface area (Å²) in [5.41, 5.74) is 8.63. The Labute approximate surface area is 120 Å². The predicted molar refractivity (Wildman–Crippen MR) is 79.9 cm³/mol. The van der Waals surface area contributed by atoms with Crippen molar-refractivity contribution < 1.29 is 4.74 Å². The van der Waals surface area contributed by atoms with Gasteiger partial charge < -0.3 is 10.5 Å². The van der Waals surface area contributed by atoms with Crippen molar-refractivity contribution in [2.75, 3.05) is 0 Å². The fourth-order valence-electron chi connectivity index (χ4n) is 1.94. The molecule has 106 valence electrons. The third kappa shape index (κ3) is 3.33. The minimum atomic E-state index is 0.00593. The molecule has 0 fully saturated rings. The van der Waals surface area contributed by atoms with Crippen molar-refractivity contribution in [3.05, 3.63) is 47.2 Å². The van der Waals surface area contributed by atoms with E-state index in [4.69, 9.17) is 10.5 Å². The van der Waals surface area contributed by atoms with E-state index in [1.807, 2.05) is 18.2 Å². The van der Waals surface area contributed by atoms with Crippen molar-refractivity contribution in [2.45, 2.75) is 39.7 Å². The Morgan fingerprint density at radius 1 is 1.10 bits per heavy atom. The third-order valence-electron chi connectivity index (χ3n) is 3.06. The summed E-state index contributed by atoms with van der Waals surface area (Å²) in [4.78, 5) is 0. The van der Waals surface area contributed by atoms with E-state index in [0.29, 0.717) is 12.4 Å². The topological polar surface area (TPSA) is 61.0 Å². The molecule has 0 atom stereocenters. The fraction of sp³-hybridized carbons (Fsp3) is 0.375. The van der Waals surface area contributed by atoms with Gasteiger partial charge in [0.1, 0.15) is 5.75 Å². The minimum Gasteiger partial charge on any atom is -0.437 e. The fourth-order valence-corrected chi connectivity index (χ4v) is 1.94. The average Bonchev–Trinajstić information content (AvgIpc) is 2.40. The van der Waals surface area contributed by atoms with Crippen molar-refractivity contribution in [1.82, 2.24) is 10.2 Å². The maximum atomic E-state index is 5.88. The Morgan fingerprint density at radius 3 is 2.40 bits per heavy atom. The summed E-state index contributed by atoms with van der Waals surface area (Å²) in [6, 6.07) is 9.78. The van der Waals surface area contributed by atoms with Gasteiger partial charge in [0.2, 0.25) is 5.88 Å². The zero-order chi connectivity index (χ0) is 14.8. The first-order chi connectivity index (χ1) is 9.40. The van der Waals surface area contributed by atoms with Crippen LogP contribution in [0.2, 0.25) is 0 Å². The number of hydrogen-bond donors (Lipinski definition) is 1. The Bertz CT molecular complexity index is 586. The summed E-state index contributed by atoms with van der Waals surface area (Å²) >= 11 is 0. The molecule has 4 nitrogen and oxygen atoms in total. The number of hydrogen-bond acceptors (Lipinski definition) is 4. The van der Waals surface area contributed by atoms with Gasteiger partial charge in [-0.1, -0.05) is 38.5 Å². The summed E-state index contributed by atoms with van der Waals surface area (Å²) in [5.74, 6) is 1.30. The van der Waals surface area contributed by atoms with E-state index in [1.54, 1.807) is 6.07 Å². The summed E-state index contributed by atoms with van der Waals surface area (Å²) in [6.07, 6.45) is 0. The Kier molecular flexibility index (Phi) is 4.04. The first-order valence-corrected chi connectivity index (χ1v) is 6.72. The second-order valence-corrected chi connectivity index (χ2v) is 5.92. The van der Waals surface area contributed by atoms with Crippen LogP contribution in [0, 0.1) is 6.92 Å². The van der Waals surface area contributed by atoms with E-state index >= 15 is 0 Å². The third-order valence-corrected chi connectivity index (χ3v) is 3.06. The Balaban J connectivity index is 2.32. The van der Waals surface area contributed by atoms with Crippen molar-refractivity contribution >= 4 is 0 Å². The standard InChI is InChI=1S/C16H21N3O/c1-11-5-7-14(13(9-11)16(2,3)4)20-15-8-6-12(10-17)18-19-15/h5-9H,10,17H2,1-4H3. The highest BCUT2D eigenvalue weighted by molar-refractivity contribution is 5.42. The highest BCUT2D eigenvalue weighted by atomic mass is 16.5. The summed E-state index contributed by atoms with van der Waals surface area (Å²) in [5, 5.41) is 8.04. The lowest BCUT2D eigenvalue weighted by Gasteiger charge is -2.23. The monoisotopic (exact) mass is 271 g/mol. The van der Waals surface area contributed by atoms with Crippen LogP contribution in [0.5, 0.6) is 11.6 Å². The molecule has 4 heteroatoms. The zero-order valence-electron chi connectivity index (χ0n) is 12.5. The lowest BCUT2D eigenvalue weighted by Crippen LogP contribution is -2.13. The smallest absolute Gasteiger partial charge is 0.238 e. The lowest BCUT2D eigenvalue weighted by molar-refractivity contribution is 0.432. The van der Waals surface area contributed by atoms with E-state index in [-0.39, 0.29) is 5.41 Å². The second-order valence-electron chi connectivity index (χ2n) is 5.92. The largest absolute Gasteiger partial charge is 0.437 e. The van der Waals surface area contributed by atoms with Gasteiger partial charge in [-0.05, 0) is 24.5 Å². The maximum Gasteiger partial charge on any atom is 0.238 e. The van der Waals surface area contributed by atoms with Crippen molar-refractivity contribution in [3.63, 3.8) is 0 Å². The van der Waals surface area contributed by atoms with Crippen molar-refractivity contribution in [3.8, 4) is 11.6 Å². The van der Waals surface area contributed by atoms with E-state index in [9.17, 15) is 0 Å². The number of nitrogens with two attached hydrogens (primary N) is 1. The van der Waals surface area contributed by atoms with Gasteiger partial charge in [0, 0.05) is 18.2 Å². The predicted octanol–water partition coefficient (Wildman–Crippen LogP) is 3.33. The number of ether oxygens (including phenoxy) is 1. The summed E-state index contributed by atoms with van der Waals surface area (Å²) in [7, 11) is 0. The molecular weight excluding hydrogens is 250 g/mol. The molecule has 0 aliphatic rings. The first kappa shape index (κ1) is 14.5. The Morgan fingerprint density at radius 2 is 1.85 bits per heavy atom. The average molecular weight is 271 g/mol. The first-order valence-electron chi connectivity index (χ1n) is 6.72. The van der Waals surface area contributed by atoms with Crippen LogP contribution in [0.4, 0.5) is 0 Å². The number of benzene rings is 1. The van der Waals surface area contributed by atoms with E-state index in [0.717, 1.165) is 17.0 Å². The molecule has 0 radical (unpaired) electrons. The molecular formula is C16H21N3O. The van der Waals surface area contributed by atoms with Crippen LogP contribution in [0.3, 0.4) is 0 Å². The van der Waals surface area contributed by atoms with Gasteiger partial charge in [-0.25, -0.2) is 0 Å². The molecule has 1 aromatic carbocycles. The van der Waals surface area contributed by atoms with Gasteiger partial charge in [0.25, 0.3) is 0 Å². The van der Waals surface area contributed by atoms with Crippen LogP contribution in [0.1, 0.15) is 37.6 Å². The van der Waals surface area contributed by atoms with Crippen LogP contribution in [-0.4, -0.2) is 10.2 Å². The van der Waals surface area contributed by atoms with Crippen LogP contribution in [-0.2, 0) is 12.0 Å². The molecule has 0 unspecified atom stereocenters. The van der Waals surface area contributed by atoms with Gasteiger partial charge in [-0.15, -0.1) is 5.10 Å². The molecule has 20 heavy (non-hydrogen) atoms. The Hall–Kier alpha value is -1.94. The number of nitrogens with zero attached hydrogens (tertiary/aromatic N) is 2. The van der Waals surface area contributed by atoms with Gasteiger partial charge in [0.15, 0.2) is 0 Å². The molecule has 0 saturated heterocycles. The normalized spacial score (nSPS) is 11.4. The highest BCUT2D eigenvalue weighted by Crippen LogP contribution is 2.34. The van der Waals surface area contributed by atoms with E-state index in [2.05, 4.69) is 44.0 Å². The molecule has 0 bridgehead atoms. The van der Waals surface area contributed by atoms with Crippen molar-refractivity contribution in [1.29, 1.82) is 0 Å². The minimum absolute atomic E-state index is 0.00593. The number of aryl methyl sites for hydroxylation is 1. The van der Waals surface area contributed by atoms with E-state index < -0.39 is 0 Å². The van der Waals surface area contributed by atoms with Gasteiger partial charge >= 0.3 is 0 Å². The summed E-state index contributed by atoms with van der Waals surface area (Å²) < 4.78 is 5.88. The molecule has 2 rings (SSSR count). The molecule has 1 aromatic heterocycles. The SMILES string of the molecule is Cc1ccc(Oc2ccc(CN)nn2)c(C(C)(C)C)c1. The molecule has 0 spiro atoms. The van der Waals surface area contributed by atoms with Crippen LogP contribution < -0.4 is 10.5 Å². The van der Waals surface area contributed by atoms with Gasteiger partial charge in [0.05, 0.1) is 5.69 Å². The van der Waals surface area contributed by atoms with Gasteiger partial charge in [-0.3, -0.25) is 0 Å². The van der Waals surface area contributed by atoms with E-state index in [1.165, 1.54) is 5.56 Å². The van der Waals surface area contributed by atoms with Crippen LogP contribution in [0.15, 0.2) is 30.3 Å². The van der Waals surface area contributed by atoms with Crippen molar-refractivity contribution in [2.24, 2.45) is 5.73 Å². The molecule has 0 aliphatic heterocycles. The van der Waals surface area contributed by atoms with Gasteiger partial charge in [-0.2, -0.15) is 5.10 Å². The molecule has 2 aromatic rings.